The van der Waals surface area contributed by atoms with Gasteiger partial charge in [-0.15, -0.1) is 0 Å². The van der Waals surface area contributed by atoms with Crippen molar-refractivity contribution in [3.63, 3.8) is 0 Å². The molecular weight excluding hydrogens is 399 g/mol. The quantitative estimate of drug-likeness (QED) is 0.465. The van der Waals surface area contributed by atoms with Crippen LogP contribution in [0.4, 0.5) is 10.1 Å². The largest absolute Gasteiger partial charge is 0.463 e. The Bertz CT molecular complexity index is 1300. The third kappa shape index (κ3) is 3.83. The second-order valence-electron chi connectivity index (χ2n) is 6.90. The molecule has 3 aromatic heterocycles. The maximum atomic E-state index is 13.7. The molecule has 0 saturated carbocycles. The van der Waals surface area contributed by atoms with Crippen molar-refractivity contribution in [2.45, 2.75) is 6.92 Å². The van der Waals surface area contributed by atoms with Crippen molar-refractivity contribution in [1.29, 1.82) is 5.26 Å². The number of amides is 1. The molecule has 0 fully saturated rings. The van der Waals surface area contributed by atoms with Gasteiger partial charge in [0.1, 0.15) is 23.1 Å². The fourth-order valence-corrected chi connectivity index (χ4v) is 3.43. The first-order chi connectivity index (χ1) is 15.0. The minimum atomic E-state index is -0.590. The number of anilines is 1. The molecule has 156 valence electrons. The Kier molecular flexibility index (Phi) is 5.37. The Labute approximate surface area is 177 Å². The zero-order valence-electron chi connectivity index (χ0n) is 16.9. The number of rotatable bonds is 6. The Morgan fingerprint density at radius 3 is 2.87 bits per heavy atom. The topological polar surface area (TPSA) is 109 Å². The summed E-state index contributed by atoms with van der Waals surface area (Å²) in [6.07, 6.45) is 1.54. The number of nitriles is 1. The first-order valence-electron chi connectivity index (χ1n) is 9.58. The Balaban J connectivity index is 1.54. The van der Waals surface area contributed by atoms with Crippen LogP contribution in [0, 0.1) is 24.1 Å². The van der Waals surface area contributed by atoms with E-state index in [1.807, 2.05) is 13.0 Å². The number of nitrogens with zero attached hydrogens (tertiary/aromatic N) is 4. The van der Waals surface area contributed by atoms with E-state index in [4.69, 9.17) is 9.68 Å². The number of benzene rings is 1. The van der Waals surface area contributed by atoms with Crippen molar-refractivity contribution in [3.05, 3.63) is 65.3 Å². The molecule has 0 radical (unpaired) electrons. The van der Waals surface area contributed by atoms with Crippen LogP contribution in [-0.2, 0) is 7.05 Å². The number of pyridine rings is 1. The molecule has 0 unspecified atom stereocenters. The average molecular weight is 418 g/mol. The molecule has 3 heterocycles. The number of hydrogen-bond donors (Lipinski definition) is 2. The molecule has 0 aliphatic rings. The molecule has 31 heavy (non-hydrogen) atoms. The van der Waals surface area contributed by atoms with Gasteiger partial charge < -0.3 is 15.1 Å². The van der Waals surface area contributed by atoms with E-state index in [1.165, 1.54) is 12.1 Å². The first-order valence-corrected chi connectivity index (χ1v) is 9.58. The molecule has 1 aromatic carbocycles. The van der Waals surface area contributed by atoms with Crippen molar-refractivity contribution in [2.75, 3.05) is 18.4 Å². The number of carbonyl (C=O) groups is 1. The molecule has 0 aliphatic heterocycles. The summed E-state index contributed by atoms with van der Waals surface area (Å²) in [6, 6.07) is 11.4. The standard InChI is InChI=1S/C22H19FN6O2/c1-13-20-14(11-18(19-7-4-10-31-19)27-21(20)29(2)28-13)22(30)26-9-8-25-17-6-3-5-16(23)15(17)12-24/h3-7,10-11,25H,8-9H2,1-2H3,(H,26,30). The monoisotopic (exact) mass is 418 g/mol. The van der Waals surface area contributed by atoms with E-state index in [0.29, 0.717) is 46.0 Å². The zero-order valence-corrected chi connectivity index (χ0v) is 16.9. The van der Waals surface area contributed by atoms with Crippen LogP contribution in [0.1, 0.15) is 21.6 Å². The van der Waals surface area contributed by atoms with E-state index in [9.17, 15) is 9.18 Å². The fraction of sp³-hybridized carbons (Fsp3) is 0.182. The third-order valence-electron chi connectivity index (χ3n) is 4.84. The number of furan rings is 1. The van der Waals surface area contributed by atoms with E-state index < -0.39 is 5.82 Å². The summed E-state index contributed by atoms with van der Waals surface area (Å²) in [5.41, 5.74) is 2.56. The van der Waals surface area contributed by atoms with E-state index in [0.717, 1.165) is 0 Å². The molecule has 1 amide bonds. The number of hydrogen-bond acceptors (Lipinski definition) is 6. The highest BCUT2D eigenvalue weighted by Gasteiger charge is 2.20. The molecule has 0 aliphatic carbocycles. The van der Waals surface area contributed by atoms with Gasteiger partial charge in [0, 0.05) is 20.1 Å². The number of nitrogens with one attached hydrogen (secondary N) is 2. The maximum Gasteiger partial charge on any atom is 0.252 e. The summed E-state index contributed by atoms with van der Waals surface area (Å²) in [4.78, 5) is 17.6. The van der Waals surface area contributed by atoms with Gasteiger partial charge in [0.2, 0.25) is 0 Å². The predicted molar refractivity (Wildman–Crippen MR) is 113 cm³/mol. The van der Waals surface area contributed by atoms with E-state index in [-0.39, 0.29) is 18.0 Å². The molecule has 4 aromatic rings. The van der Waals surface area contributed by atoms with Crippen LogP contribution in [0.2, 0.25) is 0 Å². The number of carbonyl (C=O) groups excluding carboxylic acids is 1. The van der Waals surface area contributed by atoms with Gasteiger partial charge in [-0.3, -0.25) is 9.48 Å². The van der Waals surface area contributed by atoms with Crippen LogP contribution in [0.5, 0.6) is 0 Å². The Hall–Kier alpha value is -4.19. The summed E-state index contributed by atoms with van der Waals surface area (Å²) in [7, 11) is 1.77. The molecule has 2 N–H and O–H groups in total. The van der Waals surface area contributed by atoms with Crippen molar-refractivity contribution in [2.24, 2.45) is 7.05 Å². The van der Waals surface area contributed by atoms with Gasteiger partial charge in [0.25, 0.3) is 5.91 Å². The lowest BCUT2D eigenvalue weighted by Crippen LogP contribution is -2.29. The summed E-state index contributed by atoms with van der Waals surface area (Å²) in [6.45, 7) is 2.40. The van der Waals surface area contributed by atoms with E-state index in [2.05, 4.69) is 20.7 Å². The lowest BCUT2D eigenvalue weighted by Gasteiger charge is -2.11. The highest BCUT2D eigenvalue weighted by atomic mass is 19.1. The van der Waals surface area contributed by atoms with Gasteiger partial charge in [-0.1, -0.05) is 6.07 Å². The molecule has 9 heteroatoms. The summed E-state index contributed by atoms with van der Waals surface area (Å²) < 4.78 is 20.8. The van der Waals surface area contributed by atoms with Gasteiger partial charge in [-0.25, -0.2) is 9.37 Å². The summed E-state index contributed by atoms with van der Waals surface area (Å²) >= 11 is 0. The second-order valence-corrected chi connectivity index (χ2v) is 6.90. The van der Waals surface area contributed by atoms with Gasteiger partial charge in [-0.2, -0.15) is 10.4 Å². The van der Waals surface area contributed by atoms with Crippen LogP contribution in [0.3, 0.4) is 0 Å². The molecular formula is C22H19FN6O2. The molecule has 4 rings (SSSR count). The lowest BCUT2D eigenvalue weighted by atomic mass is 10.1. The van der Waals surface area contributed by atoms with Gasteiger partial charge >= 0.3 is 0 Å². The number of halogens is 1. The van der Waals surface area contributed by atoms with Gasteiger partial charge in [0.05, 0.1) is 28.6 Å². The van der Waals surface area contributed by atoms with Crippen molar-refractivity contribution >= 4 is 22.6 Å². The zero-order chi connectivity index (χ0) is 22.0. The van der Waals surface area contributed by atoms with Crippen LogP contribution in [-0.4, -0.2) is 33.8 Å². The molecule has 8 nitrogen and oxygen atoms in total. The van der Waals surface area contributed by atoms with Crippen molar-refractivity contribution < 1.29 is 13.6 Å². The summed E-state index contributed by atoms with van der Waals surface area (Å²) in [5.74, 6) is -0.335. The SMILES string of the molecule is Cc1nn(C)c2nc(-c3ccco3)cc(C(=O)NCCNc3cccc(F)c3C#N)c12. The highest BCUT2D eigenvalue weighted by molar-refractivity contribution is 6.07. The molecule has 0 saturated heterocycles. The van der Waals surface area contributed by atoms with Crippen LogP contribution >= 0.6 is 0 Å². The Morgan fingerprint density at radius 1 is 1.29 bits per heavy atom. The normalized spacial score (nSPS) is 10.8. The lowest BCUT2D eigenvalue weighted by molar-refractivity contribution is 0.0956. The van der Waals surface area contributed by atoms with Crippen molar-refractivity contribution in [1.82, 2.24) is 20.1 Å². The van der Waals surface area contributed by atoms with E-state index >= 15 is 0 Å². The Morgan fingerprint density at radius 2 is 2.13 bits per heavy atom. The van der Waals surface area contributed by atoms with Crippen molar-refractivity contribution in [3.8, 4) is 17.5 Å². The fourth-order valence-electron chi connectivity index (χ4n) is 3.43. The minimum absolute atomic E-state index is 0.0567. The second kappa shape index (κ2) is 8.28. The first kappa shape index (κ1) is 20.1. The third-order valence-corrected chi connectivity index (χ3v) is 4.84. The molecule has 0 atom stereocenters. The molecule has 0 bridgehead atoms. The number of aromatic nitrogens is 3. The summed E-state index contributed by atoms with van der Waals surface area (Å²) in [5, 5.41) is 20.0. The van der Waals surface area contributed by atoms with Gasteiger partial charge in [0.15, 0.2) is 11.4 Å². The number of aryl methyl sites for hydroxylation is 2. The highest BCUT2D eigenvalue weighted by Crippen LogP contribution is 2.27. The predicted octanol–water partition coefficient (Wildman–Crippen LogP) is 3.39. The molecule has 0 spiro atoms. The van der Waals surface area contributed by atoms with E-state index in [1.54, 1.807) is 42.3 Å². The van der Waals surface area contributed by atoms with Gasteiger partial charge in [-0.05, 0) is 37.3 Å². The smallest absolute Gasteiger partial charge is 0.252 e. The minimum Gasteiger partial charge on any atom is -0.463 e. The number of fused-ring (bicyclic) bond motifs is 1. The van der Waals surface area contributed by atoms with Crippen LogP contribution in [0.15, 0.2) is 47.1 Å². The maximum absolute atomic E-state index is 13.7. The van der Waals surface area contributed by atoms with Crippen LogP contribution in [0.25, 0.3) is 22.5 Å². The average Bonchev–Trinajstić information content (AvgIpc) is 3.39. The van der Waals surface area contributed by atoms with Crippen LogP contribution < -0.4 is 10.6 Å².